The molecule has 0 saturated heterocycles. The fourth-order valence-corrected chi connectivity index (χ4v) is 2.38. The van der Waals surface area contributed by atoms with Gasteiger partial charge in [-0.15, -0.1) is 0 Å². The lowest BCUT2D eigenvalue weighted by Crippen LogP contribution is -2.30. The molecule has 0 bridgehead atoms. The van der Waals surface area contributed by atoms with E-state index < -0.39 is 17.4 Å². The van der Waals surface area contributed by atoms with E-state index in [1.807, 2.05) is 6.92 Å². The van der Waals surface area contributed by atoms with Crippen molar-refractivity contribution in [3.8, 4) is 5.75 Å². The standard InChI is InChI=1S/C12H17F2NO2S/c1-9(8-18(2)16)15-7-10-5-3-4-6-11(10)17-12(13)14/h3-6,9,12,15H,7-8H2,1-2H3. The molecule has 102 valence electrons. The first kappa shape index (κ1) is 15.0. The van der Waals surface area contributed by atoms with E-state index >= 15 is 0 Å². The molecule has 1 aromatic carbocycles. The Labute approximate surface area is 108 Å². The maximum Gasteiger partial charge on any atom is 0.387 e. The van der Waals surface area contributed by atoms with Gasteiger partial charge in [0.1, 0.15) is 5.75 Å². The monoisotopic (exact) mass is 277 g/mol. The number of nitrogens with one attached hydrogen (secondary N) is 1. The number of alkyl halides is 2. The molecule has 3 nitrogen and oxygen atoms in total. The zero-order valence-electron chi connectivity index (χ0n) is 10.4. The first-order valence-corrected chi connectivity index (χ1v) is 7.28. The van der Waals surface area contributed by atoms with Crippen molar-refractivity contribution in [3.05, 3.63) is 29.8 Å². The topological polar surface area (TPSA) is 38.3 Å². The fraction of sp³-hybridized carbons (Fsp3) is 0.500. The third-order valence-electron chi connectivity index (χ3n) is 2.31. The summed E-state index contributed by atoms with van der Waals surface area (Å²) in [5.74, 6) is 0.697. The van der Waals surface area contributed by atoms with Gasteiger partial charge in [0.15, 0.2) is 0 Å². The first-order chi connectivity index (χ1) is 8.49. The molecule has 18 heavy (non-hydrogen) atoms. The van der Waals surface area contributed by atoms with E-state index in [2.05, 4.69) is 10.1 Å². The van der Waals surface area contributed by atoms with Gasteiger partial charge in [0.2, 0.25) is 0 Å². The maximum absolute atomic E-state index is 12.2. The lowest BCUT2D eigenvalue weighted by molar-refractivity contribution is -0.0505. The van der Waals surface area contributed by atoms with Gasteiger partial charge in [-0.25, -0.2) is 0 Å². The molecule has 0 aliphatic carbocycles. The van der Waals surface area contributed by atoms with Gasteiger partial charge in [0.25, 0.3) is 0 Å². The van der Waals surface area contributed by atoms with Gasteiger partial charge in [-0.1, -0.05) is 18.2 Å². The Balaban J connectivity index is 2.58. The molecule has 6 heteroatoms. The Bertz CT molecular complexity index is 401. The Kier molecular flexibility index (Phi) is 6.21. The molecule has 0 aliphatic heterocycles. The van der Waals surface area contributed by atoms with E-state index in [-0.39, 0.29) is 11.8 Å². The second-order valence-electron chi connectivity index (χ2n) is 4.01. The van der Waals surface area contributed by atoms with Crippen LogP contribution in [0.3, 0.4) is 0 Å². The second-order valence-corrected chi connectivity index (χ2v) is 5.49. The highest BCUT2D eigenvalue weighted by Crippen LogP contribution is 2.20. The van der Waals surface area contributed by atoms with Gasteiger partial charge >= 0.3 is 6.61 Å². The fourth-order valence-electron chi connectivity index (χ4n) is 1.56. The quantitative estimate of drug-likeness (QED) is 0.830. The van der Waals surface area contributed by atoms with E-state index in [0.29, 0.717) is 17.9 Å². The largest absolute Gasteiger partial charge is 0.434 e. The summed E-state index contributed by atoms with van der Waals surface area (Å²) in [6.45, 7) is -0.522. The molecule has 0 spiro atoms. The number of para-hydroxylation sites is 1. The molecule has 0 saturated carbocycles. The van der Waals surface area contributed by atoms with Crippen molar-refractivity contribution >= 4 is 10.8 Å². The van der Waals surface area contributed by atoms with E-state index in [4.69, 9.17) is 0 Å². The molecular formula is C12H17F2NO2S. The van der Waals surface area contributed by atoms with Crippen molar-refractivity contribution in [1.82, 2.24) is 5.32 Å². The molecule has 2 atom stereocenters. The normalized spacial score (nSPS) is 14.5. The molecule has 0 amide bonds. The van der Waals surface area contributed by atoms with Crippen molar-refractivity contribution in [1.29, 1.82) is 0 Å². The highest BCUT2D eigenvalue weighted by atomic mass is 32.2. The molecule has 0 aliphatic rings. The van der Waals surface area contributed by atoms with Gasteiger partial charge < -0.3 is 10.1 Å². The third-order valence-corrected chi connectivity index (χ3v) is 3.28. The van der Waals surface area contributed by atoms with Crippen LogP contribution in [0.2, 0.25) is 0 Å². The zero-order valence-corrected chi connectivity index (χ0v) is 11.2. The Morgan fingerprint density at radius 2 is 2.06 bits per heavy atom. The van der Waals surface area contributed by atoms with Crippen molar-refractivity contribution in [2.75, 3.05) is 12.0 Å². The van der Waals surface area contributed by atoms with Gasteiger partial charge in [-0.05, 0) is 13.0 Å². The second kappa shape index (κ2) is 7.43. The van der Waals surface area contributed by atoms with Crippen LogP contribution < -0.4 is 10.1 Å². The smallest absolute Gasteiger partial charge is 0.387 e. The number of hydrogen-bond donors (Lipinski definition) is 1. The molecule has 1 aromatic rings. The molecule has 0 heterocycles. The maximum atomic E-state index is 12.2. The van der Waals surface area contributed by atoms with E-state index in [0.717, 1.165) is 0 Å². The lowest BCUT2D eigenvalue weighted by atomic mass is 10.2. The third kappa shape index (κ3) is 5.55. The Hall–Kier alpha value is -1.01. The zero-order chi connectivity index (χ0) is 13.5. The van der Waals surface area contributed by atoms with Crippen LogP contribution in [-0.4, -0.2) is 28.9 Å². The summed E-state index contributed by atoms with van der Waals surface area (Å²) in [4.78, 5) is 0. The summed E-state index contributed by atoms with van der Waals surface area (Å²) in [7, 11) is -0.882. The van der Waals surface area contributed by atoms with E-state index in [1.165, 1.54) is 6.07 Å². The highest BCUT2D eigenvalue weighted by molar-refractivity contribution is 7.84. The van der Waals surface area contributed by atoms with Crippen LogP contribution in [0.5, 0.6) is 5.75 Å². The van der Waals surface area contributed by atoms with Gasteiger partial charge in [0.05, 0.1) is 0 Å². The Morgan fingerprint density at radius 1 is 1.39 bits per heavy atom. The van der Waals surface area contributed by atoms with E-state index in [9.17, 15) is 13.0 Å². The average Bonchev–Trinajstić information content (AvgIpc) is 2.26. The number of ether oxygens (including phenoxy) is 1. The summed E-state index contributed by atoms with van der Waals surface area (Å²) in [5, 5.41) is 3.13. The molecule has 1 rings (SSSR count). The van der Waals surface area contributed by atoms with Crippen LogP contribution in [0.4, 0.5) is 8.78 Å². The van der Waals surface area contributed by atoms with Crippen molar-refractivity contribution in [2.24, 2.45) is 0 Å². The lowest BCUT2D eigenvalue weighted by Gasteiger charge is -2.15. The Morgan fingerprint density at radius 3 is 2.67 bits per heavy atom. The minimum absolute atomic E-state index is 0.0513. The minimum atomic E-state index is -2.83. The molecule has 0 radical (unpaired) electrons. The predicted molar refractivity (Wildman–Crippen MR) is 68.3 cm³/mol. The van der Waals surface area contributed by atoms with Crippen molar-refractivity contribution in [2.45, 2.75) is 26.1 Å². The number of rotatable bonds is 7. The summed E-state index contributed by atoms with van der Waals surface area (Å²) in [6.07, 6.45) is 1.63. The van der Waals surface area contributed by atoms with Gasteiger partial charge in [-0.3, -0.25) is 4.21 Å². The van der Waals surface area contributed by atoms with Crippen LogP contribution in [0.25, 0.3) is 0 Å². The van der Waals surface area contributed by atoms with Crippen LogP contribution in [0.1, 0.15) is 12.5 Å². The van der Waals surface area contributed by atoms with E-state index in [1.54, 1.807) is 24.5 Å². The number of halogens is 2. The van der Waals surface area contributed by atoms with Crippen LogP contribution in [-0.2, 0) is 17.3 Å². The van der Waals surface area contributed by atoms with Gasteiger partial charge in [-0.2, -0.15) is 8.78 Å². The summed E-state index contributed by atoms with van der Waals surface area (Å²) in [5.41, 5.74) is 0.659. The van der Waals surface area contributed by atoms with Crippen LogP contribution in [0, 0.1) is 0 Å². The number of benzene rings is 1. The van der Waals surface area contributed by atoms with Crippen molar-refractivity contribution in [3.63, 3.8) is 0 Å². The first-order valence-electron chi connectivity index (χ1n) is 5.55. The summed E-state index contributed by atoms with van der Waals surface area (Å²) in [6, 6.07) is 6.69. The predicted octanol–water partition coefficient (Wildman–Crippen LogP) is 2.14. The van der Waals surface area contributed by atoms with Crippen LogP contribution >= 0.6 is 0 Å². The molecule has 0 fully saturated rings. The SMILES string of the molecule is CC(CS(C)=O)NCc1ccccc1OC(F)F. The summed E-state index contributed by atoms with van der Waals surface area (Å²) >= 11 is 0. The molecule has 1 N–H and O–H groups in total. The molecule has 2 unspecified atom stereocenters. The highest BCUT2D eigenvalue weighted by Gasteiger charge is 2.10. The van der Waals surface area contributed by atoms with Gasteiger partial charge in [0, 0.05) is 41.0 Å². The number of hydrogen-bond acceptors (Lipinski definition) is 3. The van der Waals surface area contributed by atoms with Crippen LogP contribution in [0.15, 0.2) is 24.3 Å². The molecule has 0 aromatic heterocycles. The summed E-state index contributed by atoms with van der Waals surface area (Å²) < 4.78 is 39.8. The minimum Gasteiger partial charge on any atom is -0.434 e. The average molecular weight is 277 g/mol. The molecular weight excluding hydrogens is 260 g/mol. The van der Waals surface area contributed by atoms with Crippen molar-refractivity contribution < 1.29 is 17.7 Å².